The van der Waals surface area contributed by atoms with Crippen molar-refractivity contribution in [1.29, 1.82) is 0 Å². The van der Waals surface area contributed by atoms with Crippen LogP contribution in [0.5, 0.6) is 0 Å². The van der Waals surface area contributed by atoms with Gasteiger partial charge in [0.05, 0.1) is 5.60 Å². The zero-order valence-corrected chi connectivity index (χ0v) is 12.5. The Balaban J connectivity index is 1.37. The number of piperidine rings is 1. The summed E-state index contributed by atoms with van der Waals surface area (Å²) in [5, 5.41) is 10.2. The van der Waals surface area contributed by atoms with Gasteiger partial charge in [-0.05, 0) is 51.8 Å². The summed E-state index contributed by atoms with van der Waals surface area (Å²) in [6.07, 6.45) is 12.1. The summed E-state index contributed by atoms with van der Waals surface area (Å²) in [4.78, 5) is 5.22. The van der Waals surface area contributed by atoms with E-state index in [9.17, 15) is 5.11 Å². The van der Waals surface area contributed by atoms with Gasteiger partial charge in [-0.2, -0.15) is 0 Å². The number of nitrogens with zero attached hydrogens (tertiary/aromatic N) is 2. The van der Waals surface area contributed by atoms with Gasteiger partial charge in [0, 0.05) is 36.7 Å². The van der Waals surface area contributed by atoms with Gasteiger partial charge in [0.2, 0.25) is 0 Å². The molecule has 3 fully saturated rings. The molecule has 4 aliphatic rings. The Morgan fingerprint density at radius 3 is 2.45 bits per heavy atom. The van der Waals surface area contributed by atoms with Crippen LogP contribution in [-0.4, -0.2) is 52.7 Å². The second-order valence-electron chi connectivity index (χ2n) is 7.19. The molecule has 0 aromatic heterocycles. The third-order valence-electron chi connectivity index (χ3n) is 5.94. The van der Waals surface area contributed by atoms with Gasteiger partial charge in [0.15, 0.2) is 0 Å². The highest BCUT2D eigenvalue weighted by Gasteiger charge is 2.58. The maximum absolute atomic E-state index is 10.2. The molecule has 1 N–H and O–H groups in total. The van der Waals surface area contributed by atoms with E-state index in [1.54, 1.807) is 0 Å². The number of rotatable bonds is 2. The lowest BCUT2D eigenvalue weighted by Gasteiger charge is -2.38. The standard InChI is InChI=1S/C17H26N2O/c1-17(20)15-5-4-14(12-16(15)17)19-10-6-13(7-11-19)18-8-2-3-9-18/h4-5,12-13,15-16,20H,2-3,6-11H2,1H3. The van der Waals surface area contributed by atoms with Crippen molar-refractivity contribution in [3.05, 3.63) is 23.9 Å². The highest BCUT2D eigenvalue weighted by Crippen LogP contribution is 2.54. The fourth-order valence-corrected chi connectivity index (χ4v) is 4.40. The maximum atomic E-state index is 10.2. The molecule has 2 aliphatic carbocycles. The zero-order chi connectivity index (χ0) is 13.7. The lowest BCUT2D eigenvalue weighted by Crippen LogP contribution is -2.43. The smallest absolute Gasteiger partial charge is 0.0758 e. The van der Waals surface area contributed by atoms with Crippen molar-refractivity contribution in [2.75, 3.05) is 26.2 Å². The molecule has 0 spiro atoms. The van der Waals surface area contributed by atoms with Gasteiger partial charge in [0.25, 0.3) is 0 Å². The van der Waals surface area contributed by atoms with E-state index in [1.165, 1.54) is 57.6 Å². The first-order chi connectivity index (χ1) is 9.66. The lowest BCUT2D eigenvalue weighted by molar-refractivity contribution is 0.146. The van der Waals surface area contributed by atoms with E-state index in [4.69, 9.17) is 0 Å². The molecule has 3 atom stereocenters. The normalized spacial score (nSPS) is 41.7. The molecule has 1 saturated carbocycles. The van der Waals surface area contributed by atoms with Crippen molar-refractivity contribution in [2.45, 2.75) is 44.2 Å². The minimum absolute atomic E-state index is 0.360. The number of hydrogen-bond acceptors (Lipinski definition) is 3. The monoisotopic (exact) mass is 274 g/mol. The van der Waals surface area contributed by atoms with Crippen LogP contribution in [0.25, 0.3) is 0 Å². The number of likely N-dealkylation sites (tertiary alicyclic amines) is 2. The van der Waals surface area contributed by atoms with Crippen LogP contribution < -0.4 is 0 Å². The number of fused-ring (bicyclic) bond motifs is 1. The van der Waals surface area contributed by atoms with Crippen LogP contribution >= 0.6 is 0 Å². The molecule has 3 heteroatoms. The Hall–Kier alpha value is -0.800. The molecular formula is C17H26N2O. The van der Waals surface area contributed by atoms with E-state index in [0.29, 0.717) is 11.8 Å². The van der Waals surface area contributed by atoms with Crippen LogP contribution in [0.1, 0.15) is 32.6 Å². The van der Waals surface area contributed by atoms with Crippen LogP contribution in [0.4, 0.5) is 0 Å². The van der Waals surface area contributed by atoms with E-state index in [1.807, 2.05) is 6.92 Å². The summed E-state index contributed by atoms with van der Waals surface area (Å²) >= 11 is 0. The topological polar surface area (TPSA) is 26.7 Å². The second kappa shape index (κ2) is 4.60. The summed E-state index contributed by atoms with van der Waals surface area (Å²) in [6.45, 7) is 6.96. The van der Waals surface area contributed by atoms with Gasteiger partial charge in [-0.25, -0.2) is 0 Å². The molecule has 2 saturated heterocycles. The molecule has 4 rings (SSSR count). The van der Waals surface area contributed by atoms with Gasteiger partial charge in [0.1, 0.15) is 0 Å². The van der Waals surface area contributed by atoms with E-state index in [0.717, 1.165) is 6.04 Å². The predicted octanol–water partition coefficient (Wildman–Crippen LogP) is 2.00. The molecule has 20 heavy (non-hydrogen) atoms. The highest BCUT2D eigenvalue weighted by molar-refractivity contribution is 5.36. The van der Waals surface area contributed by atoms with Gasteiger partial charge >= 0.3 is 0 Å². The third-order valence-corrected chi connectivity index (χ3v) is 5.94. The first kappa shape index (κ1) is 12.9. The second-order valence-corrected chi connectivity index (χ2v) is 7.19. The van der Waals surface area contributed by atoms with Gasteiger partial charge in [-0.1, -0.05) is 12.2 Å². The summed E-state index contributed by atoms with van der Waals surface area (Å²) in [5.41, 5.74) is 0.871. The first-order valence-corrected chi connectivity index (χ1v) is 8.27. The van der Waals surface area contributed by atoms with Crippen LogP contribution in [0.2, 0.25) is 0 Å². The summed E-state index contributed by atoms with van der Waals surface area (Å²) < 4.78 is 0. The van der Waals surface area contributed by atoms with E-state index < -0.39 is 5.60 Å². The molecular weight excluding hydrogens is 248 g/mol. The van der Waals surface area contributed by atoms with Crippen molar-refractivity contribution in [1.82, 2.24) is 9.80 Å². The molecule has 2 aliphatic heterocycles. The van der Waals surface area contributed by atoms with Crippen LogP contribution in [0.3, 0.4) is 0 Å². The average molecular weight is 274 g/mol. The number of allylic oxidation sites excluding steroid dienone is 1. The molecule has 2 heterocycles. The van der Waals surface area contributed by atoms with Gasteiger partial charge < -0.3 is 14.9 Å². The largest absolute Gasteiger partial charge is 0.389 e. The third kappa shape index (κ3) is 2.03. The maximum Gasteiger partial charge on any atom is 0.0758 e. The number of aliphatic hydroxyl groups is 1. The summed E-state index contributed by atoms with van der Waals surface area (Å²) in [7, 11) is 0. The van der Waals surface area contributed by atoms with Crippen LogP contribution in [-0.2, 0) is 0 Å². The van der Waals surface area contributed by atoms with E-state index in [-0.39, 0.29) is 0 Å². The van der Waals surface area contributed by atoms with Gasteiger partial charge in [-0.3, -0.25) is 0 Å². The number of hydrogen-bond donors (Lipinski definition) is 1. The fourth-order valence-electron chi connectivity index (χ4n) is 4.40. The van der Waals surface area contributed by atoms with Crippen molar-refractivity contribution in [2.24, 2.45) is 11.8 Å². The molecule has 110 valence electrons. The quantitative estimate of drug-likeness (QED) is 0.834. The molecule has 3 unspecified atom stereocenters. The molecule has 0 aromatic rings. The Labute approximate surface area is 121 Å². The Kier molecular flexibility index (Phi) is 2.97. The summed E-state index contributed by atoms with van der Waals surface area (Å²) in [5.74, 6) is 0.729. The Morgan fingerprint density at radius 2 is 1.80 bits per heavy atom. The minimum Gasteiger partial charge on any atom is -0.389 e. The van der Waals surface area contributed by atoms with Crippen LogP contribution in [0.15, 0.2) is 23.9 Å². The van der Waals surface area contributed by atoms with Crippen LogP contribution in [0, 0.1) is 11.8 Å². The van der Waals surface area contributed by atoms with Crippen molar-refractivity contribution in [3.63, 3.8) is 0 Å². The molecule has 0 amide bonds. The van der Waals surface area contributed by atoms with E-state index in [2.05, 4.69) is 28.0 Å². The van der Waals surface area contributed by atoms with Crippen molar-refractivity contribution < 1.29 is 5.11 Å². The zero-order valence-electron chi connectivity index (χ0n) is 12.5. The van der Waals surface area contributed by atoms with Crippen molar-refractivity contribution >= 4 is 0 Å². The Morgan fingerprint density at radius 1 is 1.10 bits per heavy atom. The highest BCUT2D eigenvalue weighted by atomic mass is 16.3. The van der Waals surface area contributed by atoms with Gasteiger partial charge in [-0.15, -0.1) is 0 Å². The van der Waals surface area contributed by atoms with Crippen molar-refractivity contribution in [3.8, 4) is 0 Å². The lowest BCUT2D eigenvalue weighted by atomic mass is 10.0. The molecule has 0 aromatic carbocycles. The van der Waals surface area contributed by atoms with E-state index >= 15 is 0 Å². The molecule has 3 nitrogen and oxygen atoms in total. The average Bonchev–Trinajstić information content (AvgIpc) is 2.88. The first-order valence-electron chi connectivity index (χ1n) is 8.27. The predicted molar refractivity (Wildman–Crippen MR) is 80.2 cm³/mol. The fraction of sp³-hybridized carbons (Fsp3) is 0.765. The molecule has 0 radical (unpaired) electrons. The molecule has 0 bridgehead atoms. The summed E-state index contributed by atoms with van der Waals surface area (Å²) in [6, 6.07) is 0.818. The minimum atomic E-state index is -0.480. The Bertz CT molecular complexity index is 440. The SMILES string of the molecule is CC1(O)C2C=CC(N3CCC(N4CCCC4)CC3)=CC21.